The molecule has 1 unspecified atom stereocenters. The molecule has 1 aliphatic rings. The van der Waals surface area contributed by atoms with Crippen LogP contribution in [0.3, 0.4) is 0 Å². The van der Waals surface area contributed by atoms with Crippen LogP contribution >= 0.6 is 15.9 Å². The van der Waals surface area contributed by atoms with E-state index >= 15 is 0 Å². The van der Waals surface area contributed by atoms with Gasteiger partial charge in [-0.2, -0.15) is 0 Å². The van der Waals surface area contributed by atoms with Crippen LogP contribution in [0.2, 0.25) is 0 Å². The van der Waals surface area contributed by atoms with Crippen molar-refractivity contribution >= 4 is 15.9 Å². The van der Waals surface area contributed by atoms with Gasteiger partial charge in [0.2, 0.25) is 0 Å². The van der Waals surface area contributed by atoms with Crippen LogP contribution in [-0.2, 0) is 0 Å². The minimum atomic E-state index is 0.388. The molecule has 1 heterocycles. The lowest BCUT2D eigenvalue weighted by molar-refractivity contribution is 0.258. The highest BCUT2D eigenvalue weighted by Crippen LogP contribution is 2.34. The molecule has 1 aromatic rings. The van der Waals surface area contributed by atoms with Crippen LogP contribution in [0.4, 0.5) is 0 Å². The maximum Gasteiger partial charge on any atom is 0.169 e. The lowest BCUT2D eigenvalue weighted by atomic mass is 9.85. The normalized spacial score (nSPS) is 20.3. The molecular formula is C15H24BrNO. The topological polar surface area (TPSA) is 25.2 Å². The average molecular weight is 314 g/mol. The third-order valence-corrected chi connectivity index (χ3v) is 4.37. The molecule has 0 aliphatic heterocycles. The third kappa shape index (κ3) is 3.86. The Hall–Kier alpha value is -0.280. The number of furan rings is 1. The standard InChI is InChI=1S/C15H24BrNO/c1-2-17-15(13-10-11-14(16)18-13)12-8-6-4-3-5-7-9-12/h10-12,15,17H,2-9H2,1H3. The van der Waals surface area contributed by atoms with Gasteiger partial charge in [0.25, 0.3) is 0 Å². The second-order valence-corrected chi connectivity index (χ2v) is 6.06. The fraction of sp³-hybridized carbons (Fsp3) is 0.733. The number of hydrogen-bond acceptors (Lipinski definition) is 2. The molecule has 1 aliphatic carbocycles. The molecule has 0 saturated heterocycles. The second-order valence-electron chi connectivity index (χ2n) is 5.28. The van der Waals surface area contributed by atoms with Crippen molar-refractivity contribution in [2.75, 3.05) is 6.54 Å². The largest absolute Gasteiger partial charge is 0.453 e. The molecule has 0 aromatic carbocycles. The zero-order valence-corrected chi connectivity index (χ0v) is 12.8. The molecule has 102 valence electrons. The summed E-state index contributed by atoms with van der Waals surface area (Å²) >= 11 is 3.41. The second kappa shape index (κ2) is 7.34. The number of nitrogens with one attached hydrogen (secondary N) is 1. The van der Waals surface area contributed by atoms with E-state index in [2.05, 4.69) is 34.2 Å². The van der Waals surface area contributed by atoms with Gasteiger partial charge < -0.3 is 9.73 Å². The monoisotopic (exact) mass is 313 g/mol. The van der Waals surface area contributed by atoms with Gasteiger partial charge in [0.1, 0.15) is 5.76 Å². The van der Waals surface area contributed by atoms with Crippen LogP contribution < -0.4 is 5.32 Å². The first-order valence-electron chi connectivity index (χ1n) is 7.30. The van der Waals surface area contributed by atoms with Gasteiger partial charge in [-0.05, 0) is 53.4 Å². The Bertz CT molecular complexity index is 342. The zero-order chi connectivity index (χ0) is 12.8. The summed E-state index contributed by atoms with van der Waals surface area (Å²) < 4.78 is 6.62. The molecule has 1 fully saturated rings. The lowest BCUT2D eigenvalue weighted by Gasteiger charge is -2.28. The summed E-state index contributed by atoms with van der Waals surface area (Å²) in [6, 6.07) is 4.50. The Morgan fingerprint density at radius 2 is 1.89 bits per heavy atom. The molecule has 0 spiro atoms. The molecule has 1 aromatic heterocycles. The van der Waals surface area contributed by atoms with E-state index in [1.165, 1.54) is 44.9 Å². The van der Waals surface area contributed by atoms with E-state index < -0.39 is 0 Å². The summed E-state index contributed by atoms with van der Waals surface area (Å²) in [5.41, 5.74) is 0. The highest BCUT2D eigenvalue weighted by atomic mass is 79.9. The number of halogens is 1. The molecule has 0 radical (unpaired) electrons. The smallest absolute Gasteiger partial charge is 0.169 e. The van der Waals surface area contributed by atoms with Gasteiger partial charge in [-0.25, -0.2) is 0 Å². The van der Waals surface area contributed by atoms with Crippen molar-refractivity contribution in [2.45, 2.75) is 57.9 Å². The van der Waals surface area contributed by atoms with Gasteiger partial charge in [-0.15, -0.1) is 0 Å². The van der Waals surface area contributed by atoms with E-state index in [1.54, 1.807) is 0 Å². The van der Waals surface area contributed by atoms with E-state index in [1.807, 2.05) is 6.07 Å². The quantitative estimate of drug-likeness (QED) is 0.841. The van der Waals surface area contributed by atoms with Crippen LogP contribution in [0.1, 0.15) is 63.7 Å². The van der Waals surface area contributed by atoms with Gasteiger partial charge in [0.15, 0.2) is 4.67 Å². The van der Waals surface area contributed by atoms with E-state index in [0.717, 1.165) is 22.9 Å². The van der Waals surface area contributed by atoms with Crippen molar-refractivity contribution in [1.29, 1.82) is 0 Å². The van der Waals surface area contributed by atoms with Crippen LogP contribution in [0, 0.1) is 5.92 Å². The van der Waals surface area contributed by atoms with E-state index in [4.69, 9.17) is 4.42 Å². The summed E-state index contributed by atoms with van der Waals surface area (Å²) in [5, 5.41) is 3.62. The number of hydrogen-bond donors (Lipinski definition) is 1. The summed E-state index contributed by atoms with van der Waals surface area (Å²) in [7, 11) is 0. The van der Waals surface area contributed by atoms with Crippen molar-refractivity contribution in [3.05, 3.63) is 22.6 Å². The Kier molecular flexibility index (Phi) is 5.77. The minimum absolute atomic E-state index is 0.388. The molecule has 2 nitrogen and oxygen atoms in total. The Morgan fingerprint density at radius 1 is 1.22 bits per heavy atom. The van der Waals surface area contributed by atoms with Gasteiger partial charge in [-0.1, -0.05) is 39.0 Å². The molecule has 3 heteroatoms. The molecule has 1 saturated carbocycles. The van der Waals surface area contributed by atoms with Gasteiger partial charge in [-0.3, -0.25) is 0 Å². The van der Waals surface area contributed by atoms with Crippen molar-refractivity contribution in [1.82, 2.24) is 5.32 Å². The molecule has 1 atom stereocenters. The average Bonchev–Trinajstić information content (AvgIpc) is 2.73. The van der Waals surface area contributed by atoms with Gasteiger partial charge in [0, 0.05) is 0 Å². The fourth-order valence-corrected chi connectivity index (χ4v) is 3.36. The van der Waals surface area contributed by atoms with Crippen LogP contribution in [-0.4, -0.2) is 6.54 Å². The van der Waals surface area contributed by atoms with Crippen molar-refractivity contribution < 1.29 is 4.42 Å². The number of rotatable bonds is 4. The van der Waals surface area contributed by atoms with Crippen molar-refractivity contribution in [3.8, 4) is 0 Å². The maximum absolute atomic E-state index is 5.78. The summed E-state index contributed by atoms with van der Waals surface area (Å²) in [6.07, 6.45) is 9.62. The third-order valence-electron chi connectivity index (χ3n) is 3.95. The predicted octanol–water partition coefficient (Wildman–Crippen LogP) is 5.05. The fourth-order valence-electron chi connectivity index (χ4n) is 3.04. The van der Waals surface area contributed by atoms with Crippen LogP contribution in [0.15, 0.2) is 21.2 Å². The molecule has 0 amide bonds. The highest BCUT2D eigenvalue weighted by molar-refractivity contribution is 9.10. The van der Waals surface area contributed by atoms with E-state index in [0.29, 0.717) is 6.04 Å². The molecule has 18 heavy (non-hydrogen) atoms. The van der Waals surface area contributed by atoms with Gasteiger partial charge >= 0.3 is 0 Å². The summed E-state index contributed by atoms with van der Waals surface area (Å²) in [6.45, 7) is 3.17. The Labute approximate surface area is 119 Å². The van der Waals surface area contributed by atoms with Crippen LogP contribution in [0.5, 0.6) is 0 Å². The first-order valence-corrected chi connectivity index (χ1v) is 8.09. The van der Waals surface area contributed by atoms with Crippen molar-refractivity contribution in [3.63, 3.8) is 0 Å². The molecule has 2 rings (SSSR count). The Morgan fingerprint density at radius 3 is 2.44 bits per heavy atom. The van der Waals surface area contributed by atoms with E-state index in [9.17, 15) is 0 Å². The molecule has 1 N–H and O–H groups in total. The minimum Gasteiger partial charge on any atom is -0.453 e. The molecular weight excluding hydrogens is 290 g/mol. The highest BCUT2D eigenvalue weighted by Gasteiger charge is 2.25. The zero-order valence-electron chi connectivity index (χ0n) is 11.3. The van der Waals surface area contributed by atoms with E-state index in [-0.39, 0.29) is 0 Å². The first-order chi connectivity index (χ1) is 8.81. The first kappa shape index (κ1) is 14.1. The SMILES string of the molecule is CCNC(c1ccc(Br)o1)C1CCCCCCC1. The van der Waals surface area contributed by atoms with Gasteiger partial charge in [0.05, 0.1) is 6.04 Å². The summed E-state index contributed by atoms with van der Waals surface area (Å²) in [4.78, 5) is 0. The Balaban J connectivity index is 2.07. The molecule has 0 bridgehead atoms. The van der Waals surface area contributed by atoms with Crippen molar-refractivity contribution in [2.24, 2.45) is 5.92 Å². The van der Waals surface area contributed by atoms with Crippen LogP contribution in [0.25, 0.3) is 0 Å². The lowest BCUT2D eigenvalue weighted by Crippen LogP contribution is -2.28. The predicted molar refractivity (Wildman–Crippen MR) is 78.6 cm³/mol. The summed E-state index contributed by atoms with van der Waals surface area (Å²) in [5.74, 6) is 1.82. The maximum atomic E-state index is 5.78.